The molecule has 1 aromatic heterocycles. The van der Waals surface area contributed by atoms with Crippen LogP contribution in [0.3, 0.4) is 0 Å². The molecule has 22 heavy (non-hydrogen) atoms. The van der Waals surface area contributed by atoms with Crippen molar-refractivity contribution in [3.63, 3.8) is 0 Å². The number of para-hydroxylation sites is 1. The number of thiazole rings is 1. The minimum Gasteiger partial charge on any atom is -0.528 e. The molecular formula is C17H12BNO2S. The van der Waals surface area contributed by atoms with Crippen molar-refractivity contribution in [2.45, 2.75) is 0 Å². The predicted octanol–water partition coefficient (Wildman–Crippen LogP) is 4.17. The molecular weight excluding hydrogens is 293 g/mol. The second kappa shape index (κ2) is 5.69. The van der Waals surface area contributed by atoms with Gasteiger partial charge in [-0.15, -0.1) is 0 Å². The van der Waals surface area contributed by atoms with Crippen molar-refractivity contribution in [2.75, 3.05) is 0 Å². The van der Waals surface area contributed by atoms with Crippen LogP contribution in [-0.4, -0.2) is 12.7 Å². The van der Waals surface area contributed by atoms with E-state index in [1.165, 1.54) is 11.3 Å². The van der Waals surface area contributed by atoms with Gasteiger partial charge in [0.25, 0.3) is 5.19 Å². The quantitative estimate of drug-likeness (QED) is 0.530. The lowest BCUT2D eigenvalue weighted by molar-refractivity contribution is 0.460. The van der Waals surface area contributed by atoms with Gasteiger partial charge in [-0.05, 0) is 23.6 Å². The van der Waals surface area contributed by atoms with Gasteiger partial charge in [0.05, 0.1) is 10.2 Å². The van der Waals surface area contributed by atoms with Crippen molar-refractivity contribution in [3.05, 3.63) is 66.7 Å². The largest absolute Gasteiger partial charge is 0.578 e. The lowest BCUT2D eigenvalue weighted by Crippen LogP contribution is -2.10. The van der Waals surface area contributed by atoms with Crippen LogP contribution in [0, 0.1) is 0 Å². The first-order valence-electron chi connectivity index (χ1n) is 6.99. The van der Waals surface area contributed by atoms with E-state index in [2.05, 4.69) is 17.1 Å². The van der Waals surface area contributed by atoms with Crippen LogP contribution in [0.15, 0.2) is 66.7 Å². The van der Waals surface area contributed by atoms with Crippen molar-refractivity contribution < 1.29 is 9.31 Å². The van der Waals surface area contributed by atoms with Gasteiger partial charge < -0.3 is 9.31 Å². The molecule has 0 aliphatic rings. The molecule has 0 bridgehead atoms. The summed E-state index contributed by atoms with van der Waals surface area (Å²) in [6, 6.07) is 22.1. The van der Waals surface area contributed by atoms with Gasteiger partial charge in [-0.2, -0.15) is 0 Å². The van der Waals surface area contributed by atoms with Gasteiger partial charge in [0.15, 0.2) is 0 Å². The van der Waals surface area contributed by atoms with Crippen molar-refractivity contribution in [2.24, 2.45) is 0 Å². The lowest BCUT2D eigenvalue weighted by Gasteiger charge is -2.08. The normalized spacial score (nSPS) is 10.7. The predicted molar refractivity (Wildman–Crippen MR) is 92.0 cm³/mol. The van der Waals surface area contributed by atoms with Crippen LogP contribution in [0.4, 0.5) is 0 Å². The highest BCUT2D eigenvalue weighted by atomic mass is 32.1. The summed E-state index contributed by atoms with van der Waals surface area (Å²) in [5.74, 6) is 0.819. The molecule has 3 nitrogen and oxygen atoms in total. The number of benzene rings is 3. The summed E-state index contributed by atoms with van der Waals surface area (Å²) >= 11 is 1.52. The summed E-state index contributed by atoms with van der Waals surface area (Å²) in [4.78, 5) is 4.42. The van der Waals surface area contributed by atoms with E-state index in [9.17, 15) is 0 Å². The Kier molecular flexibility index (Phi) is 3.41. The first-order chi connectivity index (χ1) is 10.9. The van der Waals surface area contributed by atoms with Crippen LogP contribution in [0.2, 0.25) is 0 Å². The van der Waals surface area contributed by atoms with Crippen molar-refractivity contribution in [1.29, 1.82) is 0 Å². The lowest BCUT2D eigenvalue weighted by atomic mass is 10.1. The van der Waals surface area contributed by atoms with Crippen molar-refractivity contribution in [3.8, 4) is 10.9 Å². The minimum atomic E-state index is 0.147. The third-order valence-electron chi connectivity index (χ3n) is 3.42. The van der Waals surface area contributed by atoms with E-state index < -0.39 is 0 Å². The third-order valence-corrected chi connectivity index (χ3v) is 4.37. The number of fused-ring (bicyclic) bond motifs is 2. The fourth-order valence-electron chi connectivity index (χ4n) is 2.38. The standard InChI is InChI=1S/C17H12BNO2S/c1-2-8-13-12(6-1)7-5-10-15(13)20-18-21-17-19-14-9-3-4-11-16(14)22-17/h1-11,18H. The topological polar surface area (TPSA) is 31.4 Å². The van der Waals surface area contributed by atoms with Gasteiger partial charge in [-0.3, -0.25) is 0 Å². The fourth-order valence-corrected chi connectivity index (χ4v) is 3.18. The monoisotopic (exact) mass is 305 g/mol. The molecule has 0 atom stereocenters. The van der Waals surface area contributed by atoms with Crippen molar-refractivity contribution in [1.82, 2.24) is 4.98 Å². The molecule has 0 fully saturated rings. The van der Waals surface area contributed by atoms with Crippen LogP contribution < -0.4 is 9.31 Å². The number of hydrogen-bond donors (Lipinski definition) is 0. The molecule has 4 rings (SSSR count). The van der Waals surface area contributed by atoms with Gasteiger partial charge in [-0.1, -0.05) is 59.9 Å². The van der Waals surface area contributed by atoms with Gasteiger partial charge in [0.1, 0.15) is 5.75 Å². The minimum absolute atomic E-state index is 0.147. The first-order valence-corrected chi connectivity index (χ1v) is 7.81. The molecule has 0 amide bonds. The summed E-state index contributed by atoms with van der Waals surface area (Å²) < 4.78 is 12.5. The molecule has 0 aliphatic carbocycles. The average molecular weight is 305 g/mol. The molecule has 0 aliphatic heterocycles. The summed E-state index contributed by atoms with van der Waals surface area (Å²) in [6.07, 6.45) is 0. The van der Waals surface area contributed by atoms with Crippen LogP contribution in [0.5, 0.6) is 10.9 Å². The Hall–Kier alpha value is -2.53. The maximum absolute atomic E-state index is 5.76. The van der Waals surface area contributed by atoms with Crippen LogP contribution in [-0.2, 0) is 0 Å². The fraction of sp³-hybridized carbons (Fsp3) is 0. The van der Waals surface area contributed by atoms with E-state index in [0.717, 1.165) is 26.7 Å². The van der Waals surface area contributed by atoms with E-state index in [0.29, 0.717) is 5.19 Å². The first kappa shape index (κ1) is 13.2. The Balaban J connectivity index is 1.50. The Morgan fingerprint density at radius 1 is 0.818 bits per heavy atom. The molecule has 0 saturated carbocycles. The second-order valence-corrected chi connectivity index (χ2v) is 5.82. The van der Waals surface area contributed by atoms with Gasteiger partial charge in [0.2, 0.25) is 0 Å². The maximum Gasteiger partial charge on any atom is 0.578 e. The van der Waals surface area contributed by atoms with Gasteiger partial charge >= 0.3 is 7.69 Å². The molecule has 0 radical (unpaired) electrons. The van der Waals surface area contributed by atoms with Crippen molar-refractivity contribution >= 4 is 40.0 Å². The molecule has 1 heterocycles. The van der Waals surface area contributed by atoms with Crippen LogP contribution >= 0.6 is 11.3 Å². The number of rotatable bonds is 4. The Bertz CT molecular complexity index is 900. The van der Waals surface area contributed by atoms with Gasteiger partial charge in [-0.25, -0.2) is 4.98 Å². The molecule has 0 N–H and O–H groups in total. The number of aromatic nitrogens is 1. The van der Waals surface area contributed by atoms with E-state index in [4.69, 9.17) is 9.31 Å². The maximum atomic E-state index is 5.76. The third kappa shape index (κ3) is 2.51. The molecule has 106 valence electrons. The zero-order valence-electron chi connectivity index (χ0n) is 11.7. The number of nitrogens with zero attached hydrogens (tertiary/aromatic N) is 1. The summed E-state index contributed by atoms with van der Waals surface area (Å²) in [7, 11) is 0.147. The molecule has 4 aromatic rings. The zero-order valence-corrected chi connectivity index (χ0v) is 12.5. The Morgan fingerprint density at radius 3 is 2.59 bits per heavy atom. The Morgan fingerprint density at radius 2 is 1.64 bits per heavy atom. The molecule has 0 unspecified atom stereocenters. The summed E-state index contributed by atoms with van der Waals surface area (Å²) in [6.45, 7) is 0. The molecule has 3 aromatic carbocycles. The van der Waals surface area contributed by atoms with E-state index in [-0.39, 0.29) is 7.69 Å². The average Bonchev–Trinajstić information content (AvgIpc) is 2.98. The van der Waals surface area contributed by atoms with E-state index in [1.807, 2.05) is 54.6 Å². The highest BCUT2D eigenvalue weighted by Gasteiger charge is 2.07. The highest BCUT2D eigenvalue weighted by molar-refractivity contribution is 7.20. The summed E-state index contributed by atoms with van der Waals surface area (Å²) in [5.41, 5.74) is 0.952. The smallest absolute Gasteiger partial charge is 0.528 e. The Labute approximate surface area is 132 Å². The number of hydrogen-bond acceptors (Lipinski definition) is 4. The highest BCUT2D eigenvalue weighted by Crippen LogP contribution is 2.28. The van der Waals surface area contributed by atoms with Crippen LogP contribution in [0.25, 0.3) is 21.0 Å². The summed E-state index contributed by atoms with van der Waals surface area (Å²) in [5, 5.41) is 2.86. The molecule has 0 saturated heterocycles. The molecule has 0 spiro atoms. The second-order valence-electron chi connectivity index (χ2n) is 4.83. The molecule has 5 heteroatoms. The van der Waals surface area contributed by atoms with E-state index >= 15 is 0 Å². The van der Waals surface area contributed by atoms with E-state index in [1.54, 1.807) is 0 Å². The zero-order chi connectivity index (χ0) is 14.8. The SMILES string of the molecule is B(Oc1nc2ccccc2s1)Oc1cccc2ccccc12. The van der Waals surface area contributed by atoms with Gasteiger partial charge in [0, 0.05) is 5.39 Å². The van der Waals surface area contributed by atoms with Crippen LogP contribution in [0.1, 0.15) is 0 Å².